The number of hydrogen-bond acceptors (Lipinski definition) is 2. The smallest absolute Gasteiger partial charge is 0.0575 e. The molecule has 2 N–H and O–H groups in total. The quantitative estimate of drug-likeness (QED) is 0.895. The lowest BCUT2D eigenvalue weighted by atomic mass is 10.0. The van der Waals surface area contributed by atoms with E-state index in [9.17, 15) is 0 Å². The maximum atomic E-state index is 6.12. The van der Waals surface area contributed by atoms with Crippen LogP contribution in [0, 0.1) is 0 Å². The molecule has 1 atom stereocenters. The predicted octanol–water partition coefficient (Wildman–Crippen LogP) is 4.39. The summed E-state index contributed by atoms with van der Waals surface area (Å²) in [5, 5.41) is 1.33. The molecule has 0 aliphatic rings. The lowest BCUT2D eigenvalue weighted by Gasteiger charge is -2.12. The zero-order valence-corrected chi connectivity index (χ0v) is 12.5. The standard InChI is InChI=1S/C13H11BrCl2N2/c14-9-1-4-13(18-7-9)12(17)6-8-5-10(15)2-3-11(8)16/h1-5,7,12H,6,17H2. The number of nitrogens with zero attached hydrogens (tertiary/aromatic N) is 1. The molecule has 1 unspecified atom stereocenters. The van der Waals surface area contributed by atoms with E-state index in [4.69, 9.17) is 28.9 Å². The summed E-state index contributed by atoms with van der Waals surface area (Å²) < 4.78 is 0.930. The van der Waals surface area contributed by atoms with Gasteiger partial charge < -0.3 is 5.73 Å². The van der Waals surface area contributed by atoms with Crippen LogP contribution in [0.2, 0.25) is 10.0 Å². The van der Waals surface area contributed by atoms with Gasteiger partial charge in [-0.25, -0.2) is 0 Å². The minimum Gasteiger partial charge on any atom is -0.322 e. The maximum absolute atomic E-state index is 6.12. The van der Waals surface area contributed by atoms with Crippen LogP contribution in [0.3, 0.4) is 0 Å². The van der Waals surface area contributed by atoms with Crippen LogP contribution in [0.5, 0.6) is 0 Å². The fourth-order valence-electron chi connectivity index (χ4n) is 1.65. The molecular weight excluding hydrogens is 335 g/mol. The SMILES string of the molecule is NC(Cc1cc(Cl)ccc1Cl)c1ccc(Br)cn1. The van der Waals surface area contributed by atoms with Gasteiger partial charge in [-0.05, 0) is 58.2 Å². The molecule has 18 heavy (non-hydrogen) atoms. The van der Waals surface area contributed by atoms with E-state index in [-0.39, 0.29) is 6.04 Å². The summed E-state index contributed by atoms with van der Waals surface area (Å²) in [6.07, 6.45) is 2.34. The van der Waals surface area contributed by atoms with Gasteiger partial charge in [-0.3, -0.25) is 4.98 Å². The molecule has 0 aliphatic carbocycles. The second-order valence-corrected chi connectivity index (χ2v) is 5.71. The number of pyridine rings is 1. The Kier molecular flexibility index (Phi) is 4.62. The lowest BCUT2D eigenvalue weighted by Crippen LogP contribution is -2.15. The van der Waals surface area contributed by atoms with Gasteiger partial charge in [0.15, 0.2) is 0 Å². The van der Waals surface area contributed by atoms with Crippen molar-refractivity contribution in [1.29, 1.82) is 0 Å². The third kappa shape index (κ3) is 3.45. The monoisotopic (exact) mass is 344 g/mol. The highest BCUT2D eigenvalue weighted by atomic mass is 79.9. The summed E-state index contributed by atoms with van der Waals surface area (Å²) in [6, 6.07) is 8.99. The van der Waals surface area contributed by atoms with Crippen LogP contribution in [-0.4, -0.2) is 4.98 Å². The van der Waals surface area contributed by atoms with E-state index in [1.54, 1.807) is 18.3 Å². The average Bonchev–Trinajstić information content (AvgIpc) is 2.34. The zero-order valence-electron chi connectivity index (χ0n) is 9.41. The second kappa shape index (κ2) is 6.02. The zero-order chi connectivity index (χ0) is 13.1. The van der Waals surface area contributed by atoms with E-state index in [2.05, 4.69) is 20.9 Å². The molecule has 0 saturated heterocycles. The molecule has 0 spiro atoms. The van der Waals surface area contributed by atoms with Gasteiger partial charge in [0.1, 0.15) is 0 Å². The van der Waals surface area contributed by atoms with E-state index in [0.29, 0.717) is 16.5 Å². The number of hydrogen-bond donors (Lipinski definition) is 1. The summed E-state index contributed by atoms with van der Waals surface area (Å²) >= 11 is 15.4. The van der Waals surface area contributed by atoms with Gasteiger partial charge in [0.2, 0.25) is 0 Å². The van der Waals surface area contributed by atoms with Crippen molar-refractivity contribution < 1.29 is 0 Å². The predicted molar refractivity (Wildman–Crippen MR) is 79.0 cm³/mol. The summed E-state index contributed by atoms with van der Waals surface area (Å²) in [4.78, 5) is 4.28. The van der Waals surface area contributed by atoms with Crippen LogP contribution in [-0.2, 0) is 6.42 Å². The fraction of sp³-hybridized carbons (Fsp3) is 0.154. The third-order valence-corrected chi connectivity index (χ3v) is 3.65. The van der Waals surface area contributed by atoms with Crippen molar-refractivity contribution in [1.82, 2.24) is 4.98 Å². The largest absolute Gasteiger partial charge is 0.322 e. The molecule has 2 aromatic rings. The summed E-state index contributed by atoms with van der Waals surface area (Å²) in [7, 11) is 0. The first-order valence-corrected chi connectivity index (χ1v) is 6.92. The Morgan fingerprint density at radius 2 is 2.00 bits per heavy atom. The van der Waals surface area contributed by atoms with Gasteiger partial charge in [-0.1, -0.05) is 23.2 Å². The van der Waals surface area contributed by atoms with E-state index in [0.717, 1.165) is 15.7 Å². The number of nitrogens with two attached hydrogens (primary N) is 1. The van der Waals surface area contributed by atoms with E-state index < -0.39 is 0 Å². The molecule has 94 valence electrons. The number of halogens is 3. The molecular formula is C13H11BrCl2N2. The van der Waals surface area contributed by atoms with Crippen molar-refractivity contribution in [3.8, 4) is 0 Å². The summed E-state index contributed by atoms with van der Waals surface area (Å²) in [5.74, 6) is 0. The van der Waals surface area contributed by atoms with E-state index in [1.807, 2.05) is 18.2 Å². The molecule has 2 nitrogen and oxygen atoms in total. The van der Waals surface area contributed by atoms with Crippen molar-refractivity contribution in [2.45, 2.75) is 12.5 Å². The molecule has 0 bridgehead atoms. The van der Waals surface area contributed by atoms with Crippen molar-refractivity contribution in [2.24, 2.45) is 5.73 Å². The van der Waals surface area contributed by atoms with Crippen molar-refractivity contribution in [3.63, 3.8) is 0 Å². The van der Waals surface area contributed by atoms with Crippen LogP contribution < -0.4 is 5.73 Å². The van der Waals surface area contributed by atoms with Gasteiger partial charge in [0, 0.05) is 20.7 Å². The minimum absolute atomic E-state index is 0.200. The highest BCUT2D eigenvalue weighted by molar-refractivity contribution is 9.10. The first-order chi connectivity index (χ1) is 8.56. The summed E-state index contributed by atoms with van der Waals surface area (Å²) in [5.41, 5.74) is 7.88. The Labute approximate surface area is 124 Å². The molecule has 0 aliphatic heterocycles. The van der Waals surface area contributed by atoms with Crippen LogP contribution in [0.15, 0.2) is 41.0 Å². The maximum Gasteiger partial charge on any atom is 0.0575 e. The Hall–Kier alpha value is -0.610. The summed E-state index contributed by atoms with van der Waals surface area (Å²) in [6.45, 7) is 0. The second-order valence-electron chi connectivity index (χ2n) is 3.95. The fourth-order valence-corrected chi connectivity index (χ4v) is 2.27. The first kappa shape index (κ1) is 13.8. The molecule has 0 radical (unpaired) electrons. The highest BCUT2D eigenvalue weighted by Gasteiger charge is 2.11. The number of rotatable bonds is 3. The van der Waals surface area contributed by atoms with E-state index in [1.165, 1.54) is 0 Å². The van der Waals surface area contributed by atoms with Gasteiger partial charge in [0.05, 0.1) is 11.7 Å². The average molecular weight is 346 g/mol. The number of benzene rings is 1. The molecule has 0 fully saturated rings. The molecule has 5 heteroatoms. The molecule has 1 heterocycles. The Balaban J connectivity index is 2.18. The molecule has 1 aromatic carbocycles. The topological polar surface area (TPSA) is 38.9 Å². The first-order valence-electron chi connectivity index (χ1n) is 5.37. The van der Waals surface area contributed by atoms with Crippen molar-refractivity contribution in [3.05, 3.63) is 62.3 Å². The molecule has 0 saturated carbocycles. The number of aromatic nitrogens is 1. The van der Waals surface area contributed by atoms with Crippen LogP contribution in [0.4, 0.5) is 0 Å². The Morgan fingerprint density at radius 1 is 1.22 bits per heavy atom. The normalized spacial score (nSPS) is 12.4. The lowest BCUT2D eigenvalue weighted by molar-refractivity contribution is 0.696. The molecule has 1 aromatic heterocycles. The van der Waals surface area contributed by atoms with Crippen LogP contribution in [0.25, 0.3) is 0 Å². The minimum atomic E-state index is -0.200. The van der Waals surface area contributed by atoms with Gasteiger partial charge >= 0.3 is 0 Å². The Bertz CT molecular complexity index is 543. The van der Waals surface area contributed by atoms with Crippen molar-refractivity contribution >= 4 is 39.1 Å². The molecule has 2 rings (SSSR count). The highest BCUT2D eigenvalue weighted by Crippen LogP contribution is 2.25. The molecule has 0 amide bonds. The van der Waals surface area contributed by atoms with Crippen LogP contribution in [0.1, 0.15) is 17.3 Å². The van der Waals surface area contributed by atoms with E-state index >= 15 is 0 Å². The Morgan fingerprint density at radius 3 is 2.67 bits per heavy atom. The van der Waals surface area contributed by atoms with Crippen molar-refractivity contribution in [2.75, 3.05) is 0 Å². The van der Waals surface area contributed by atoms with Gasteiger partial charge in [0.25, 0.3) is 0 Å². The van der Waals surface area contributed by atoms with Crippen LogP contribution >= 0.6 is 39.1 Å². The third-order valence-electron chi connectivity index (χ3n) is 2.58. The van der Waals surface area contributed by atoms with Gasteiger partial charge in [-0.2, -0.15) is 0 Å². The van der Waals surface area contributed by atoms with Gasteiger partial charge in [-0.15, -0.1) is 0 Å².